The fraction of sp³-hybridized carbons (Fsp3) is 0.393. The molecule has 2 aromatic carbocycles. The molecule has 1 aliphatic carbocycles. The fourth-order valence-electron chi connectivity index (χ4n) is 4.50. The predicted molar refractivity (Wildman–Crippen MR) is 137 cm³/mol. The second-order valence-electron chi connectivity index (χ2n) is 9.29. The molecule has 8 nitrogen and oxygen atoms in total. The van der Waals surface area contributed by atoms with Gasteiger partial charge in [-0.25, -0.2) is 4.98 Å². The molecule has 0 bridgehead atoms. The molecule has 2 amide bonds. The van der Waals surface area contributed by atoms with E-state index in [2.05, 4.69) is 5.32 Å². The maximum atomic E-state index is 13.2. The van der Waals surface area contributed by atoms with Crippen molar-refractivity contribution in [2.45, 2.75) is 38.7 Å². The summed E-state index contributed by atoms with van der Waals surface area (Å²) in [4.78, 5) is 32.5. The van der Waals surface area contributed by atoms with E-state index in [9.17, 15) is 9.59 Å². The number of ether oxygens (including phenoxy) is 2. The van der Waals surface area contributed by atoms with E-state index in [1.807, 2.05) is 72.3 Å². The van der Waals surface area contributed by atoms with Crippen LogP contribution in [0.5, 0.6) is 5.75 Å². The molecule has 8 heteroatoms. The van der Waals surface area contributed by atoms with E-state index < -0.39 is 0 Å². The van der Waals surface area contributed by atoms with Gasteiger partial charge in [0, 0.05) is 36.9 Å². The smallest absolute Gasteiger partial charge is 0.246 e. The second-order valence-corrected chi connectivity index (χ2v) is 9.29. The highest BCUT2D eigenvalue weighted by atomic mass is 16.5. The number of hydrogen-bond donors (Lipinski definition) is 1. The fourth-order valence-corrected chi connectivity index (χ4v) is 4.50. The number of nitrogens with zero attached hydrogens (tertiary/aromatic N) is 3. The van der Waals surface area contributed by atoms with Crippen molar-refractivity contribution in [2.24, 2.45) is 5.92 Å². The molecule has 1 aromatic heterocycles. The lowest BCUT2D eigenvalue weighted by Gasteiger charge is -2.25. The lowest BCUT2D eigenvalue weighted by Crippen LogP contribution is -2.43. The van der Waals surface area contributed by atoms with Gasteiger partial charge in [-0.1, -0.05) is 36.4 Å². The first-order valence-corrected chi connectivity index (χ1v) is 12.7. The van der Waals surface area contributed by atoms with Crippen molar-refractivity contribution in [3.05, 3.63) is 60.8 Å². The molecular weight excluding hydrogens is 456 g/mol. The number of carbonyl (C=O) groups excluding carboxylic acids is 2. The zero-order valence-corrected chi connectivity index (χ0v) is 20.6. The number of aromatic nitrogens is 2. The molecule has 1 aliphatic heterocycles. The molecule has 2 heterocycles. The average molecular weight is 489 g/mol. The van der Waals surface area contributed by atoms with E-state index in [4.69, 9.17) is 14.5 Å². The number of amides is 2. The van der Waals surface area contributed by atoms with Crippen LogP contribution in [0.2, 0.25) is 0 Å². The molecule has 5 rings (SSSR count). The normalized spacial score (nSPS) is 17.1. The van der Waals surface area contributed by atoms with Crippen LogP contribution in [0.1, 0.15) is 32.6 Å². The Morgan fingerprint density at radius 2 is 1.97 bits per heavy atom. The Hall–Kier alpha value is -3.65. The lowest BCUT2D eigenvalue weighted by molar-refractivity contribution is -0.137. The van der Waals surface area contributed by atoms with Gasteiger partial charge in [0.25, 0.3) is 0 Å². The third-order valence-electron chi connectivity index (χ3n) is 6.45. The highest BCUT2D eigenvalue weighted by molar-refractivity contribution is 5.94. The Morgan fingerprint density at radius 1 is 1.14 bits per heavy atom. The highest BCUT2D eigenvalue weighted by Gasteiger charge is 2.35. The summed E-state index contributed by atoms with van der Waals surface area (Å²) >= 11 is 0. The van der Waals surface area contributed by atoms with Gasteiger partial charge in [0.15, 0.2) is 0 Å². The van der Waals surface area contributed by atoms with E-state index in [-0.39, 0.29) is 30.4 Å². The minimum Gasteiger partial charge on any atom is -0.494 e. The van der Waals surface area contributed by atoms with Crippen molar-refractivity contribution in [3.8, 4) is 22.7 Å². The van der Waals surface area contributed by atoms with Gasteiger partial charge in [-0.2, -0.15) is 0 Å². The molecule has 0 spiro atoms. The van der Waals surface area contributed by atoms with E-state index in [0.717, 1.165) is 48.4 Å². The molecule has 36 heavy (non-hydrogen) atoms. The van der Waals surface area contributed by atoms with Crippen LogP contribution in [0.25, 0.3) is 16.9 Å². The molecule has 1 N–H and O–H groups in total. The number of hydrogen-bond acceptors (Lipinski definition) is 5. The summed E-state index contributed by atoms with van der Waals surface area (Å²) in [5.41, 5.74) is 2.49. The minimum atomic E-state index is -0.283. The highest BCUT2D eigenvalue weighted by Crippen LogP contribution is 2.32. The molecular formula is C28H32N4O4. The lowest BCUT2D eigenvalue weighted by atomic mass is 10.2. The molecule has 1 unspecified atom stereocenters. The largest absolute Gasteiger partial charge is 0.494 e. The third kappa shape index (κ3) is 5.76. The zero-order valence-electron chi connectivity index (χ0n) is 20.6. The first-order chi connectivity index (χ1) is 17.6. The van der Waals surface area contributed by atoms with Crippen LogP contribution in [0.15, 0.2) is 60.8 Å². The van der Waals surface area contributed by atoms with E-state index in [1.165, 1.54) is 0 Å². The van der Waals surface area contributed by atoms with Crippen molar-refractivity contribution in [2.75, 3.05) is 31.6 Å². The van der Waals surface area contributed by atoms with Crippen molar-refractivity contribution >= 4 is 17.8 Å². The van der Waals surface area contributed by atoms with Crippen LogP contribution in [0, 0.1) is 5.92 Å². The van der Waals surface area contributed by atoms with Gasteiger partial charge in [0.2, 0.25) is 17.8 Å². The van der Waals surface area contributed by atoms with Gasteiger partial charge in [-0.15, -0.1) is 0 Å². The first-order valence-electron chi connectivity index (χ1n) is 12.7. The molecule has 2 aliphatic rings. The van der Waals surface area contributed by atoms with Crippen LogP contribution in [-0.2, 0) is 14.3 Å². The first kappa shape index (κ1) is 24.1. The third-order valence-corrected chi connectivity index (χ3v) is 6.45. The number of benzene rings is 2. The number of rotatable bonds is 10. The number of nitrogens with one attached hydrogen (secondary N) is 1. The summed E-state index contributed by atoms with van der Waals surface area (Å²) in [7, 11) is 0. The molecule has 2 fully saturated rings. The second kappa shape index (κ2) is 11.0. The van der Waals surface area contributed by atoms with E-state index >= 15 is 0 Å². The summed E-state index contributed by atoms with van der Waals surface area (Å²) in [6.07, 6.45) is 5.58. The summed E-state index contributed by atoms with van der Waals surface area (Å²) in [5.74, 6) is 0.920. The SMILES string of the molecule is CCOc1cccc(-n2cc(-c3ccccc3)nc2NC(=O)CN(CC2CCCO2)C(=O)C2CC2)c1. The van der Waals surface area contributed by atoms with Crippen LogP contribution in [0.4, 0.5) is 5.95 Å². The van der Waals surface area contributed by atoms with Crippen molar-refractivity contribution < 1.29 is 19.1 Å². The maximum Gasteiger partial charge on any atom is 0.246 e. The summed E-state index contributed by atoms with van der Waals surface area (Å²) in [6, 6.07) is 17.5. The van der Waals surface area contributed by atoms with Crippen LogP contribution < -0.4 is 10.1 Å². The summed E-state index contributed by atoms with van der Waals surface area (Å²) in [5, 5.41) is 2.96. The van der Waals surface area contributed by atoms with Gasteiger partial charge >= 0.3 is 0 Å². The quantitative estimate of drug-likeness (QED) is 0.460. The summed E-state index contributed by atoms with van der Waals surface area (Å²) in [6.45, 7) is 3.63. The van der Waals surface area contributed by atoms with Crippen molar-refractivity contribution in [3.63, 3.8) is 0 Å². The molecule has 1 saturated carbocycles. The van der Waals surface area contributed by atoms with Gasteiger partial charge in [0.1, 0.15) is 12.3 Å². The molecule has 0 radical (unpaired) electrons. The van der Waals surface area contributed by atoms with Crippen LogP contribution in [-0.4, -0.2) is 58.7 Å². The Kier molecular flexibility index (Phi) is 7.32. The Morgan fingerprint density at radius 3 is 2.69 bits per heavy atom. The number of carbonyl (C=O) groups is 2. The topological polar surface area (TPSA) is 85.7 Å². The van der Waals surface area contributed by atoms with Crippen LogP contribution in [0.3, 0.4) is 0 Å². The maximum absolute atomic E-state index is 13.2. The molecule has 188 valence electrons. The Labute approximate surface area is 211 Å². The monoisotopic (exact) mass is 488 g/mol. The molecule has 3 aromatic rings. The molecule has 1 saturated heterocycles. The van der Waals surface area contributed by atoms with Gasteiger partial charge in [-0.3, -0.25) is 19.5 Å². The molecule has 1 atom stereocenters. The standard InChI is InChI=1S/C28H32N4O4/c1-2-35-23-11-6-10-22(16-23)32-18-25(20-8-4-3-5-9-20)29-28(32)30-26(33)19-31(27(34)21-13-14-21)17-24-12-7-15-36-24/h3-6,8-11,16,18,21,24H,2,7,12-15,17,19H2,1H3,(H,29,30,33). The number of imidazole rings is 1. The van der Waals surface area contributed by atoms with E-state index in [1.54, 1.807) is 4.90 Å². The van der Waals surface area contributed by atoms with Gasteiger partial charge < -0.3 is 14.4 Å². The van der Waals surface area contributed by atoms with Crippen molar-refractivity contribution in [1.82, 2.24) is 14.5 Å². The summed E-state index contributed by atoms with van der Waals surface area (Å²) < 4.78 is 13.3. The zero-order chi connectivity index (χ0) is 24.9. The van der Waals surface area contributed by atoms with Gasteiger partial charge in [0.05, 0.1) is 24.1 Å². The Balaban J connectivity index is 1.39. The predicted octanol–water partition coefficient (Wildman–Crippen LogP) is 4.29. The van der Waals surface area contributed by atoms with Gasteiger partial charge in [-0.05, 0) is 44.7 Å². The number of anilines is 1. The van der Waals surface area contributed by atoms with Crippen molar-refractivity contribution in [1.29, 1.82) is 0 Å². The average Bonchev–Trinajstić information content (AvgIpc) is 3.46. The van der Waals surface area contributed by atoms with Crippen LogP contribution >= 0.6 is 0 Å². The minimum absolute atomic E-state index is 0.00604. The van der Waals surface area contributed by atoms with E-state index in [0.29, 0.717) is 25.7 Å². The Bertz CT molecular complexity index is 1200.